The zero-order valence-corrected chi connectivity index (χ0v) is 11.8. The summed E-state index contributed by atoms with van der Waals surface area (Å²) < 4.78 is 6.92. The minimum Gasteiger partial charge on any atom is -0.489 e. The molecule has 2 aromatic rings. The molecule has 88 valence electrons. The molecule has 2 rings (SSSR count). The largest absolute Gasteiger partial charge is 0.489 e. The molecule has 0 spiro atoms. The molecule has 0 heterocycles. The van der Waals surface area contributed by atoms with E-state index in [-0.39, 0.29) is 0 Å². The number of benzene rings is 2. The van der Waals surface area contributed by atoms with Crippen molar-refractivity contribution >= 4 is 28.3 Å². The van der Waals surface area contributed by atoms with Gasteiger partial charge < -0.3 is 10.5 Å². The number of ether oxygens (including phenoxy) is 1. The highest BCUT2D eigenvalue weighted by molar-refractivity contribution is 14.1. The van der Waals surface area contributed by atoms with E-state index in [9.17, 15) is 0 Å². The lowest BCUT2D eigenvalue weighted by molar-refractivity contribution is 0.305. The second-order valence-corrected chi connectivity index (χ2v) is 5.12. The van der Waals surface area contributed by atoms with Crippen molar-refractivity contribution in [2.75, 3.05) is 5.73 Å². The first-order valence-corrected chi connectivity index (χ1v) is 6.47. The summed E-state index contributed by atoms with van der Waals surface area (Å²) in [7, 11) is 0. The van der Waals surface area contributed by atoms with E-state index in [1.165, 1.54) is 3.57 Å². The molecule has 0 fully saturated rings. The van der Waals surface area contributed by atoms with Crippen molar-refractivity contribution in [3.05, 3.63) is 57.2 Å². The third-order valence-corrected chi connectivity index (χ3v) is 3.35. The van der Waals surface area contributed by atoms with Gasteiger partial charge in [0.15, 0.2) is 0 Å². The molecule has 0 aromatic heterocycles. The van der Waals surface area contributed by atoms with Crippen molar-refractivity contribution in [2.45, 2.75) is 13.5 Å². The van der Waals surface area contributed by atoms with Crippen molar-refractivity contribution in [3.63, 3.8) is 0 Å². The fourth-order valence-corrected chi connectivity index (χ4v) is 2.09. The highest BCUT2D eigenvalue weighted by Crippen LogP contribution is 2.19. The molecule has 3 heteroatoms. The van der Waals surface area contributed by atoms with Crippen LogP contribution in [0, 0.1) is 10.5 Å². The SMILES string of the molecule is Cc1c(N)cccc1COc1cccc(I)c1. The number of anilines is 1. The highest BCUT2D eigenvalue weighted by Gasteiger charge is 2.02. The fraction of sp³-hybridized carbons (Fsp3) is 0.143. The van der Waals surface area contributed by atoms with Crippen LogP contribution in [0.4, 0.5) is 5.69 Å². The monoisotopic (exact) mass is 339 g/mol. The van der Waals surface area contributed by atoms with Gasteiger partial charge in [-0.3, -0.25) is 0 Å². The maximum atomic E-state index is 5.86. The number of nitrogen functional groups attached to an aromatic ring is 1. The molecule has 0 amide bonds. The number of rotatable bonds is 3. The zero-order chi connectivity index (χ0) is 12.3. The minimum absolute atomic E-state index is 0.553. The Bertz CT molecular complexity index is 525. The van der Waals surface area contributed by atoms with E-state index in [1.54, 1.807) is 0 Å². The van der Waals surface area contributed by atoms with Gasteiger partial charge in [-0.1, -0.05) is 18.2 Å². The maximum Gasteiger partial charge on any atom is 0.120 e. The van der Waals surface area contributed by atoms with Crippen molar-refractivity contribution < 1.29 is 4.74 Å². The second-order valence-electron chi connectivity index (χ2n) is 3.88. The Balaban J connectivity index is 2.10. The van der Waals surface area contributed by atoms with E-state index in [4.69, 9.17) is 10.5 Å². The van der Waals surface area contributed by atoms with Gasteiger partial charge in [0, 0.05) is 9.26 Å². The van der Waals surface area contributed by atoms with Gasteiger partial charge in [0.05, 0.1) is 0 Å². The van der Waals surface area contributed by atoms with Gasteiger partial charge in [0.2, 0.25) is 0 Å². The lowest BCUT2D eigenvalue weighted by Gasteiger charge is -2.10. The molecule has 0 aliphatic carbocycles. The number of hydrogen-bond donors (Lipinski definition) is 1. The molecule has 17 heavy (non-hydrogen) atoms. The zero-order valence-electron chi connectivity index (χ0n) is 9.61. The second kappa shape index (κ2) is 5.40. The normalized spacial score (nSPS) is 10.2. The highest BCUT2D eigenvalue weighted by atomic mass is 127. The average Bonchev–Trinajstić information content (AvgIpc) is 2.31. The van der Waals surface area contributed by atoms with Crippen LogP contribution in [0.5, 0.6) is 5.75 Å². The molecule has 0 saturated heterocycles. The van der Waals surface area contributed by atoms with Crippen molar-refractivity contribution in [3.8, 4) is 5.75 Å². The van der Waals surface area contributed by atoms with E-state index in [0.717, 1.165) is 22.6 Å². The van der Waals surface area contributed by atoms with Crippen LogP contribution >= 0.6 is 22.6 Å². The smallest absolute Gasteiger partial charge is 0.120 e. The Kier molecular flexibility index (Phi) is 3.89. The van der Waals surface area contributed by atoms with Crippen LogP contribution in [0.2, 0.25) is 0 Å². The van der Waals surface area contributed by atoms with Gasteiger partial charge in [-0.25, -0.2) is 0 Å². The van der Waals surface area contributed by atoms with Crippen LogP contribution in [0.1, 0.15) is 11.1 Å². The summed E-state index contributed by atoms with van der Waals surface area (Å²) in [4.78, 5) is 0. The van der Waals surface area contributed by atoms with E-state index in [2.05, 4.69) is 22.6 Å². The van der Waals surface area contributed by atoms with Gasteiger partial charge in [-0.05, 0) is 64.9 Å². The van der Waals surface area contributed by atoms with E-state index in [0.29, 0.717) is 6.61 Å². The molecule has 0 bridgehead atoms. The van der Waals surface area contributed by atoms with Gasteiger partial charge in [-0.15, -0.1) is 0 Å². The van der Waals surface area contributed by atoms with Crippen LogP contribution in [0.3, 0.4) is 0 Å². The molecule has 2 nitrogen and oxygen atoms in total. The summed E-state index contributed by atoms with van der Waals surface area (Å²) >= 11 is 2.27. The van der Waals surface area contributed by atoms with Gasteiger partial charge >= 0.3 is 0 Å². The first kappa shape index (κ1) is 12.2. The summed E-state index contributed by atoms with van der Waals surface area (Å²) in [6.07, 6.45) is 0. The molecule has 0 atom stereocenters. The number of halogens is 1. The Morgan fingerprint density at radius 2 is 1.94 bits per heavy atom. The minimum atomic E-state index is 0.553. The first-order chi connectivity index (χ1) is 8.16. The van der Waals surface area contributed by atoms with Crippen molar-refractivity contribution in [1.29, 1.82) is 0 Å². The summed E-state index contributed by atoms with van der Waals surface area (Å²) in [6, 6.07) is 13.9. The Morgan fingerprint density at radius 3 is 2.71 bits per heavy atom. The molecule has 2 N–H and O–H groups in total. The molecule has 0 saturated carbocycles. The standard InChI is InChI=1S/C14H14INO/c1-10-11(4-2-7-14(10)16)9-17-13-6-3-5-12(15)8-13/h2-8H,9,16H2,1H3. The fourth-order valence-electron chi connectivity index (χ4n) is 1.58. The van der Waals surface area contributed by atoms with E-state index >= 15 is 0 Å². The quantitative estimate of drug-likeness (QED) is 0.683. The molecule has 0 unspecified atom stereocenters. The van der Waals surface area contributed by atoms with Crippen LogP contribution in [0.25, 0.3) is 0 Å². The van der Waals surface area contributed by atoms with Gasteiger partial charge in [-0.2, -0.15) is 0 Å². The lowest BCUT2D eigenvalue weighted by atomic mass is 10.1. The van der Waals surface area contributed by atoms with Crippen LogP contribution in [-0.2, 0) is 6.61 Å². The van der Waals surface area contributed by atoms with E-state index in [1.807, 2.05) is 49.4 Å². The summed E-state index contributed by atoms with van der Waals surface area (Å²) in [6.45, 7) is 2.57. The van der Waals surface area contributed by atoms with Gasteiger partial charge in [0.1, 0.15) is 12.4 Å². The average molecular weight is 339 g/mol. The first-order valence-electron chi connectivity index (χ1n) is 5.39. The number of nitrogens with two attached hydrogens (primary N) is 1. The molecule has 2 aromatic carbocycles. The van der Waals surface area contributed by atoms with Crippen LogP contribution in [-0.4, -0.2) is 0 Å². The Hall–Kier alpha value is -1.23. The summed E-state index contributed by atoms with van der Waals surface area (Å²) in [5.41, 5.74) is 8.89. The Labute approximate surface area is 115 Å². The number of hydrogen-bond acceptors (Lipinski definition) is 2. The molecular formula is C14H14INO. The third kappa shape index (κ3) is 3.12. The van der Waals surface area contributed by atoms with Gasteiger partial charge in [0.25, 0.3) is 0 Å². The molecule has 0 aliphatic rings. The van der Waals surface area contributed by atoms with E-state index < -0.39 is 0 Å². The summed E-state index contributed by atoms with van der Waals surface area (Å²) in [5.74, 6) is 0.888. The summed E-state index contributed by atoms with van der Waals surface area (Å²) in [5, 5.41) is 0. The molecule has 0 radical (unpaired) electrons. The maximum absolute atomic E-state index is 5.86. The third-order valence-electron chi connectivity index (χ3n) is 2.68. The topological polar surface area (TPSA) is 35.2 Å². The molecular weight excluding hydrogens is 325 g/mol. The Morgan fingerprint density at radius 1 is 1.18 bits per heavy atom. The molecule has 0 aliphatic heterocycles. The van der Waals surface area contributed by atoms with Crippen LogP contribution in [0.15, 0.2) is 42.5 Å². The van der Waals surface area contributed by atoms with Crippen molar-refractivity contribution in [2.24, 2.45) is 0 Å². The predicted molar refractivity (Wildman–Crippen MR) is 79.1 cm³/mol. The predicted octanol–water partition coefficient (Wildman–Crippen LogP) is 3.76. The lowest BCUT2D eigenvalue weighted by Crippen LogP contribution is -2.00. The van der Waals surface area contributed by atoms with Crippen molar-refractivity contribution in [1.82, 2.24) is 0 Å². The van der Waals surface area contributed by atoms with Crippen LogP contribution < -0.4 is 10.5 Å².